The summed E-state index contributed by atoms with van der Waals surface area (Å²) >= 11 is 0. The van der Waals surface area contributed by atoms with Crippen molar-refractivity contribution >= 4 is 0 Å². The Balaban J connectivity index is 1.53. The zero-order valence-corrected chi connectivity index (χ0v) is 11.3. The second-order valence-corrected chi connectivity index (χ2v) is 5.44. The average Bonchev–Trinajstić information content (AvgIpc) is 2.41. The van der Waals surface area contributed by atoms with Gasteiger partial charge in [-0.3, -0.25) is 0 Å². The number of rotatable bonds is 5. The van der Waals surface area contributed by atoms with Gasteiger partial charge in [-0.05, 0) is 64.7 Å². The molecule has 0 aromatic heterocycles. The van der Waals surface area contributed by atoms with Crippen LogP contribution in [0.4, 0.5) is 0 Å². The Bertz CT molecular complexity index is 196. The number of nitrogens with one attached hydrogen (secondary N) is 1. The maximum atomic E-state index is 5.75. The monoisotopic (exact) mass is 240 g/mol. The van der Waals surface area contributed by atoms with Gasteiger partial charge in [0.1, 0.15) is 0 Å². The first-order valence-corrected chi connectivity index (χ1v) is 7.46. The summed E-state index contributed by atoms with van der Waals surface area (Å²) in [4.78, 5) is 2.54. The highest BCUT2D eigenvalue weighted by molar-refractivity contribution is 4.77. The second-order valence-electron chi connectivity index (χ2n) is 5.44. The van der Waals surface area contributed by atoms with Crippen LogP contribution in [-0.4, -0.2) is 49.8 Å². The van der Waals surface area contributed by atoms with Crippen molar-refractivity contribution in [2.24, 2.45) is 0 Å². The number of likely N-dealkylation sites (tertiary alicyclic amines) is 1. The average molecular weight is 240 g/mol. The predicted molar refractivity (Wildman–Crippen MR) is 71.3 cm³/mol. The zero-order valence-electron chi connectivity index (χ0n) is 11.3. The molecule has 17 heavy (non-hydrogen) atoms. The van der Waals surface area contributed by atoms with Crippen LogP contribution in [-0.2, 0) is 4.74 Å². The Morgan fingerprint density at radius 1 is 1.18 bits per heavy atom. The van der Waals surface area contributed by atoms with E-state index in [9.17, 15) is 0 Å². The van der Waals surface area contributed by atoms with E-state index in [0.717, 1.165) is 19.2 Å². The van der Waals surface area contributed by atoms with Gasteiger partial charge >= 0.3 is 0 Å². The molecule has 2 aliphatic heterocycles. The molecule has 1 N–H and O–H groups in total. The van der Waals surface area contributed by atoms with Crippen LogP contribution in [0.1, 0.15) is 45.4 Å². The second kappa shape index (κ2) is 7.34. The van der Waals surface area contributed by atoms with Gasteiger partial charge in [-0.15, -0.1) is 0 Å². The summed E-state index contributed by atoms with van der Waals surface area (Å²) < 4.78 is 5.75. The van der Waals surface area contributed by atoms with Crippen molar-refractivity contribution in [1.29, 1.82) is 0 Å². The van der Waals surface area contributed by atoms with E-state index in [1.807, 2.05) is 0 Å². The summed E-state index contributed by atoms with van der Waals surface area (Å²) in [7, 11) is 0. The molecular weight excluding hydrogens is 212 g/mol. The van der Waals surface area contributed by atoms with Crippen molar-refractivity contribution in [1.82, 2.24) is 10.2 Å². The first-order valence-electron chi connectivity index (χ1n) is 7.46. The molecule has 0 aliphatic carbocycles. The van der Waals surface area contributed by atoms with E-state index in [2.05, 4.69) is 17.1 Å². The van der Waals surface area contributed by atoms with Gasteiger partial charge in [0, 0.05) is 12.6 Å². The summed E-state index contributed by atoms with van der Waals surface area (Å²) in [5.74, 6) is 0. The highest BCUT2D eigenvalue weighted by Gasteiger charge is 2.18. The van der Waals surface area contributed by atoms with E-state index < -0.39 is 0 Å². The number of ether oxygens (including phenoxy) is 1. The van der Waals surface area contributed by atoms with Crippen LogP contribution in [0.3, 0.4) is 0 Å². The fourth-order valence-electron chi connectivity index (χ4n) is 2.94. The molecule has 0 bridgehead atoms. The third kappa shape index (κ3) is 4.57. The molecule has 100 valence electrons. The van der Waals surface area contributed by atoms with E-state index in [1.165, 1.54) is 58.2 Å². The van der Waals surface area contributed by atoms with Crippen LogP contribution in [0.2, 0.25) is 0 Å². The molecule has 2 heterocycles. The van der Waals surface area contributed by atoms with Crippen LogP contribution in [0, 0.1) is 0 Å². The van der Waals surface area contributed by atoms with E-state index in [-0.39, 0.29) is 0 Å². The van der Waals surface area contributed by atoms with E-state index >= 15 is 0 Å². The smallest absolute Gasteiger partial charge is 0.0587 e. The summed E-state index contributed by atoms with van der Waals surface area (Å²) in [5.41, 5.74) is 0. The van der Waals surface area contributed by atoms with Crippen molar-refractivity contribution in [2.75, 3.05) is 32.8 Å². The quantitative estimate of drug-likeness (QED) is 0.795. The standard InChI is InChI=1S/C14H28N2O/c1-2-16-10-7-13(8-11-16)15-9-6-14-5-3-4-12-17-14/h13-15H,2-12H2,1H3. The largest absolute Gasteiger partial charge is 0.378 e. The molecule has 0 amide bonds. The SMILES string of the molecule is CCN1CCC(NCCC2CCCCO2)CC1. The minimum atomic E-state index is 0.534. The molecule has 1 atom stereocenters. The number of hydrogen-bond donors (Lipinski definition) is 1. The Kier molecular flexibility index (Phi) is 5.75. The van der Waals surface area contributed by atoms with Crippen LogP contribution in [0.5, 0.6) is 0 Å². The molecule has 1 unspecified atom stereocenters. The van der Waals surface area contributed by atoms with Gasteiger partial charge < -0.3 is 15.0 Å². The van der Waals surface area contributed by atoms with Crippen molar-refractivity contribution in [3.05, 3.63) is 0 Å². The molecular formula is C14H28N2O. The molecule has 2 saturated heterocycles. The van der Waals surface area contributed by atoms with Crippen LogP contribution in [0.15, 0.2) is 0 Å². The Hall–Kier alpha value is -0.120. The first-order chi connectivity index (χ1) is 8.38. The van der Waals surface area contributed by atoms with Crippen LogP contribution in [0.25, 0.3) is 0 Å². The lowest BCUT2D eigenvalue weighted by Gasteiger charge is -2.32. The van der Waals surface area contributed by atoms with Crippen LogP contribution >= 0.6 is 0 Å². The number of hydrogen-bond acceptors (Lipinski definition) is 3. The fraction of sp³-hybridized carbons (Fsp3) is 1.00. The molecule has 2 fully saturated rings. The van der Waals surface area contributed by atoms with Gasteiger partial charge in [-0.1, -0.05) is 6.92 Å². The van der Waals surface area contributed by atoms with Crippen molar-refractivity contribution in [3.63, 3.8) is 0 Å². The first kappa shape index (κ1) is 13.3. The van der Waals surface area contributed by atoms with Crippen molar-refractivity contribution in [3.8, 4) is 0 Å². The molecule has 0 aromatic carbocycles. The molecule has 0 radical (unpaired) electrons. The normalized spacial score (nSPS) is 28.4. The molecule has 3 heteroatoms. The van der Waals surface area contributed by atoms with E-state index in [1.54, 1.807) is 0 Å². The Labute approximate surface area is 106 Å². The molecule has 0 spiro atoms. The summed E-state index contributed by atoms with van der Waals surface area (Å²) in [6, 6.07) is 0.751. The lowest BCUT2D eigenvalue weighted by atomic mass is 10.0. The van der Waals surface area contributed by atoms with Gasteiger partial charge in [0.15, 0.2) is 0 Å². The topological polar surface area (TPSA) is 24.5 Å². The van der Waals surface area contributed by atoms with Crippen LogP contribution < -0.4 is 5.32 Å². The lowest BCUT2D eigenvalue weighted by Crippen LogP contribution is -2.43. The van der Waals surface area contributed by atoms with E-state index in [0.29, 0.717) is 6.10 Å². The molecule has 3 nitrogen and oxygen atoms in total. The third-order valence-corrected chi connectivity index (χ3v) is 4.21. The van der Waals surface area contributed by atoms with Crippen molar-refractivity contribution in [2.45, 2.75) is 57.6 Å². The fourth-order valence-corrected chi connectivity index (χ4v) is 2.94. The third-order valence-electron chi connectivity index (χ3n) is 4.21. The van der Waals surface area contributed by atoms with Gasteiger partial charge in [-0.2, -0.15) is 0 Å². The van der Waals surface area contributed by atoms with Gasteiger partial charge in [0.25, 0.3) is 0 Å². The molecule has 2 rings (SSSR count). The molecule has 0 saturated carbocycles. The summed E-state index contributed by atoms with van der Waals surface area (Å²) in [6.07, 6.45) is 8.27. The van der Waals surface area contributed by atoms with Gasteiger partial charge in [0.2, 0.25) is 0 Å². The molecule has 0 aromatic rings. The highest BCUT2D eigenvalue weighted by Crippen LogP contribution is 2.15. The number of piperidine rings is 1. The maximum absolute atomic E-state index is 5.75. The zero-order chi connectivity index (χ0) is 11.9. The lowest BCUT2D eigenvalue weighted by molar-refractivity contribution is 0.0109. The minimum absolute atomic E-state index is 0.534. The molecule has 2 aliphatic rings. The minimum Gasteiger partial charge on any atom is -0.378 e. The van der Waals surface area contributed by atoms with Crippen molar-refractivity contribution < 1.29 is 4.74 Å². The number of nitrogens with zero attached hydrogens (tertiary/aromatic N) is 1. The summed E-state index contributed by atoms with van der Waals surface area (Å²) in [6.45, 7) is 8.14. The van der Waals surface area contributed by atoms with E-state index in [4.69, 9.17) is 4.74 Å². The van der Waals surface area contributed by atoms with Gasteiger partial charge in [-0.25, -0.2) is 0 Å². The highest BCUT2D eigenvalue weighted by atomic mass is 16.5. The summed E-state index contributed by atoms with van der Waals surface area (Å²) in [5, 5.41) is 3.71. The maximum Gasteiger partial charge on any atom is 0.0587 e. The Morgan fingerprint density at radius 2 is 2.00 bits per heavy atom. The Morgan fingerprint density at radius 3 is 2.65 bits per heavy atom. The predicted octanol–water partition coefficient (Wildman–Crippen LogP) is 2.02. The van der Waals surface area contributed by atoms with Gasteiger partial charge in [0.05, 0.1) is 6.10 Å².